The van der Waals surface area contributed by atoms with Crippen LogP contribution < -0.4 is 0 Å². The van der Waals surface area contributed by atoms with Gasteiger partial charge in [0, 0.05) is 6.61 Å². The normalized spacial score (nSPS) is 17.8. The molecule has 1 saturated heterocycles. The maximum Gasteiger partial charge on any atom is 0.416 e. The lowest BCUT2D eigenvalue weighted by molar-refractivity contribution is -0.138. The van der Waals surface area contributed by atoms with Gasteiger partial charge in [0.1, 0.15) is 0 Å². The van der Waals surface area contributed by atoms with E-state index in [1.54, 1.807) is 6.08 Å². The van der Waals surface area contributed by atoms with Crippen LogP contribution in [0.4, 0.5) is 26.3 Å². The fourth-order valence-corrected chi connectivity index (χ4v) is 2.96. The topological polar surface area (TPSA) is 9.23 Å². The molecule has 1 atom stereocenters. The van der Waals surface area contributed by atoms with E-state index in [0.29, 0.717) is 23.3 Å². The Morgan fingerprint density at radius 2 is 1.22 bits per heavy atom. The van der Waals surface area contributed by atoms with Gasteiger partial charge in [-0.05, 0) is 59.9 Å². The van der Waals surface area contributed by atoms with Crippen molar-refractivity contribution in [1.82, 2.24) is 0 Å². The summed E-state index contributed by atoms with van der Waals surface area (Å²) in [7, 11) is 0. The Labute approximate surface area is 152 Å². The summed E-state index contributed by atoms with van der Waals surface area (Å²) < 4.78 is 82.3. The molecule has 27 heavy (non-hydrogen) atoms. The van der Waals surface area contributed by atoms with Crippen LogP contribution in [-0.4, -0.2) is 12.7 Å². The van der Waals surface area contributed by atoms with Crippen LogP contribution in [0.15, 0.2) is 54.6 Å². The molecule has 0 spiro atoms. The van der Waals surface area contributed by atoms with Crippen molar-refractivity contribution < 1.29 is 31.1 Å². The number of hydrogen-bond donors (Lipinski definition) is 0. The van der Waals surface area contributed by atoms with Crippen molar-refractivity contribution in [2.75, 3.05) is 6.61 Å². The average Bonchev–Trinajstić information content (AvgIpc) is 3.12. The first-order valence-corrected chi connectivity index (χ1v) is 8.33. The van der Waals surface area contributed by atoms with Gasteiger partial charge >= 0.3 is 12.4 Å². The van der Waals surface area contributed by atoms with E-state index >= 15 is 0 Å². The summed E-state index contributed by atoms with van der Waals surface area (Å²) in [6.07, 6.45) is -5.75. The Hall–Kier alpha value is -2.28. The summed E-state index contributed by atoms with van der Waals surface area (Å²) >= 11 is 0. The van der Waals surface area contributed by atoms with Gasteiger partial charge in [-0.1, -0.05) is 24.3 Å². The lowest BCUT2D eigenvalue weighted by Crippen LogP contribution is -2.06. The Morgan fingerprint density at radius 3 is 1.56 bits per heavy atom. The van der Waals surface area contributed by atoms with Gasteiger partial charge < -0.3 is 4.74 Å². The molecule has 1 aliphatic heterocycles. The summed E-state index contributed by atoms with van der Waals surface area (Å²) in [6.45, 7) is 0.578. The summed E-state index contributed by atoms with van der Waals surface area (Å²) in [6, 6.07) is 9.13. The second-order valence-corrected chi connectivity index (χ2v) is 6.28. The molecular formula is C20H16F6O. The van der Waals surface area contributed by atoms with Crippen LogP contribution in [-0.2, 0) is 17.1 Å². The summed E-state index contributed by atoms with van der Waals surface area (Å²) in [5, 5.41) is 0. The molecule has 144 valence electrons. The minimum Gasteiger partial charge on any atom is -0.374 e. The van der Waals surface area contributed by atoms with Gasteiger partial charge in [0.05, 0.1) is 17.2 Å². The number of rotatable bonds is 3. The predicted octanol–water partition coefficient (Wildman–Crippen LogP) is 6.33. The summed E-state index contributed by atoms with van der Waals surface area (Å²) in [4.78, 5) is 0. The maximum atomic E-state index is 12.8. The van der Waals surface area contributed by atoms with E-state index in [1.807, 2.05) is 0 Å². The second-order valence-electron chi connectivity index (χ2n) is 6.28. The summed E-state index contributed by atoms with van der Waals surface area (Å²) in [5.41, 5.74) is -0.0499. The second kappa shape index (κ2) is 7.38. The Bertz CT molecular complexity index is 735. The third kappa shape index (κ3) is 4.71. The molecule has 2 aromatic rings. The van der Waals surface area contributed by atoms with Crippen molar-refractivity contribution in [3.8, 4) is 0 Å². The molecule has 0 amide bonds. The monoisotopic (exact) mass is 386 g/mol. The minimum absolute atomic E-state index is 0.218. The molecule has 0 N–H and O–H groups in total. The number of halogens is 6. The highest BCUT2D eigenvalue weighted by atomic mass is 19.4. The smallest absolute Gasteiger partial charge is 0.374 e. The third-order valence-electron chi connectivity index (χ3n) is 4.36. The molecular weight excluding hydrogens is 370 g/mol. The lowest BCUT2D eigenvalue weighted by atomic mass is 9.94. The Balaban J connectivity index is 1.99. The van der Waals surface area contributed by atoms with Gasteiger partial charge in [0.25, 0.3) is 0 Å². The highest BCUT2D eigenvalue weighted by Gasteiger charge is 2.31. The van der Waals surface area contributed by atoms with E-state index in [9.17, 15) is 26.3 Å². The van der Waals surface area contributed by atoms with E-state index in [1.165, 1.54) is 24.3 Å². The number of alkyl halides is 6. The fourth-order valence-electron chi connectivity index (χ4n) is 2.96. The molecule has 0 saturated carbocycles. The van der Waals surface area contributed by atoms with E-state index in [2.05, 4.69) is 0 Å². The molecule has 1 unspecified atom stereocenters. The minimum atomic E-state index is -4.45. The van der Waals surface area contributed by atoms with E-state index < -0.39 is 23.5 Å². The van der Waals surface area contributed by atoms with Gasteiger partial charge in [0.15, 0.2) is 0 Å². The van der Waals surface area contributed by atoms with Gasteiger partial charge in [-0.15, -0.1) is 0 Å². The van der Waals surface area contributed by atoms with Crippen LogP contribution in [0.3, 0.4) is 0 Å². The summed E-state index contributed by atoms with van der Waals surface area (Å²) in [5.74, 6) is 0. The van der Waals surface area contributed by atoms with E-state index in [0.717, 1.165) is 37.1 Å². The zero-order chi connectivity index (χ0) is 19.7. The van der Waals surface area contributed by atoms with Crippen LogP contribution in [0.25, 0.3) is 5.57 Å². The molecule has 0 radical (unpaired) electrons. The quantitative estimate of drug-likeness (QED) is 0.560. The van der Waals surface area contributed by atoms with Gasteiger partial charge in [-0.3, -0.25) is 0 Å². The third-order valence-corrected chi connectivity index (χ3v) is 4.36. The van der Waals surface area contributed by atoms with Crippen LogP contribution >= 0.6 is 0 Å². The van der Waals surface area contributed by atoms with Crippen LogP contribution in [0.1, 0.15) is 35.1 Å². The van der Waals surface area contributed by atoms with Crippen molar-refractivity contribution >= 4 is 5.57 Å². The SMILES string of the molecule is FC(F)(F)c1ccc(C(=CC2CCCO2)c2ccc(C(F)(F)F)cc2)cc1. The molecule has 1 aliphatic rings. The van der Waals surface area contributed by atoms with Crippen molar-refractivity contribution in [3.63, 3.8) is 0 Å². The molecule has 2 aromatic carbocycles. The Morgan fingerprint density at radius 1 is 0.778 bits per heavy atom. The largest absolute Gasteiger partial charge is 0.416 e. The van der Waals surface area contributed by atoms with Crippen molar-refractivity contribution in [3.05, 3.63) is 76.9 Å². The number of ether oxygens (including phenoxy) is 1. The van der Waals surface area contributed by atoms with Gasteiger partial charge in [-0.2, -0.15) is 26.3 Å². The molecule has 7 heteroatoms. The highest BCUT2D eigenvalue weighted by molar-refractivity contribution is 5.80. The van der Waals surface area contributed by atoms with Crippen molar-refractivity contribution in [2.45, 2.75) is 31.3 Å². The lowest BCUT2D eigenvalue weighted by Gasteiger charge is -2.14. The van der Waals surface area contributed by atoms with E-state index in [-0.39, 0.29) is 6.10 Å². The first-order chi connectivity index (χ1) is 12.6. The fraction of sp³-hybridized carbons (Fsp3) is 0.300. The van der Waals surface area contributed by atoms with Crippen LogP contribution in [0.2, 0.25) is 0 Å². The molecule has 0 aliphatic carbocycles. The first-order valence-electron chi connectivity index (χ1n) is 8.33. The average molecular weight is 386 g/mol. The molecule has 1 fully saturated rings. The highest BCUT2D eigenvalue weighted by Crippen LogP contribution is 2.34. The van der Waals surface area contributed by atoms with E-state index in [4.69, 9.17) is 4.74 Å². The molecule has 3 rings (SSSR count). The standard InChI is InChI=1S/C20H16F6O/c21-19(22,23)15-7-3-13(4-8-15)18(12-17-2-1-11-27-17)14-5-9-16(10-6-14)20(24,25)26/h3-10,12,17H,1-2,11H2. The molecule has 0 aromatic heterocycles. The zero-order valence-electron chi connectivity index (χ0n) is 14.1. The van der Waals surface area contributed by atoms with Crippen molar-refractivity contribution in [2.24, 2.45) is 0 Å². The van der Waals surface area contributed by atoms with Crippen molar-refractivity contribution in [1.29, 1.82) is 0 Å². The zero-order valence-corrected chi connectivity index (χ0v) is 14.1. The predicted molar refractivity (Wildman–Crippen MR) is 88.9 cm³/mol. The van der Waals surface area contributed by atoms with Crippen LogP contribution in [0.5, 0.6) is 0 Å². The maximum absolute atomic E-state index is 12.8. The molecule has 1 heterocycles. The van der Waals surface area contributed by atoms with Crippen LogP contribution in [0, 0.1) is 0 Å². The first kappa shape index (κ1) is 19.5. The molecule has 1 nitrogen and oxygen atoms in total. The number of hydrogen-bond acceptors (Lipinski definition) is 1. The number of benzene rings is 2. The van der Waals surface area contributed by atoms with Gasteiger partial charge in [-0.25, -0.2) is 0 Å². The molecule has 0 bridgehead atoms. The Kier molecular flexibility index (Phi) is 5.33. The van der Waals surface area contributed by atoms with Gasteiger partial charge in [0.2, 0.25) is 0 Å².